The van der Waals surface area contributed by atoms with E-state index in [4.69, 9.17) is 23.2 Å². The molecule has 26 heavy (non-hydrogen) atoms. The van der Waals surface area contributed by atoms with Gasteiger partial charge in [0, 0.05) is 52.4 Å². The van der Waals surface area contributed by atoms with Crippen LogP contribution in [0.25, 0.3) is 11.4 Å². The number of fused-ring (bicyclic) bond motifs is 1. The van der Waals surface area contributed by atoms with Gasteiger partial charge in [0.15, 0.2) is 5.82 Å². The molecular weight excluding hydrogens is 369 g/mol. The first-order chi connectivity index (χ1) is 12.6. The standard InChI is InChI=1S/C20H15Cl2N3O/c21-16-5-1-13(2-6-16)19-23-11-15-12-25(10-9-18(15)24-19)20(26)14-3-7-17(22)8-4-14/h1-8,11H,9-10,12H2. The van der Waals surface area contributed by atoms with Crippen molar-refractivity contribution < 1.29 is 4.79 Å². The van der Waals surface area contributed by atoms with Crippen LogP contribution >= 0.6 is 23.2 Å². The molecule has 0 unspecified atom stereocenters. The Kier molecular flexibility index (Phi) is 4.62. The molecule has 4 rings (SSSR count). The zero-order valence-electron chi connectivity index (χ0n) is 13.8. The van der Waals surface area contributed by atoms with Crippen LogP contribution in [0.15, 0.2) is 54.7 Å². The van der Waals surface area contributed by atoms with E-state index in [0.717, 1.165) is 16.8 Å². The zero-order valence-corrected chi connectivity index (χ0v) is 15.3. The molecular formula is C20H15Cl2N3O. The first-order valence-corrected chi connectivity index (χ1v) is 9.01. The Morgan fingerprint density at radius 1 is 0.962 bits per heavy atom. The highest BCUT2D eigenvalue weighted by atomic mass is 35.5. The molecule has 1 aromatic heterocycles. The molecule has 1 amide bonds. The predicted molar refractivity (Wildman–Crippen MR) is 102 cm³/mol. The molecule has 1 aliphatic heterocycles. The summed E-state index contributed by atoms with van der Waals surface area (Å²) in [7, 11) is 0. The first kappa shape index (κ1) is 17.0. The quantitative estimate of drug-likeness (QED) is 0.646. The topological polar surface area (TPSA) is 46.1 Å². The SMILES string of the molecule is O=C(c1ccc(Cl)cc1)N1CCc2nc(-c3ccc(Cl)cc3)ncc2C1. The number of hydrogen-bond acceptors (Lipinski definition) is 3. The van der Waals surface area contributed by atoms with E-state index in [9.17, 15) is 4.79 Å². The van der Waals surface area contributed by atoms with Crippen LogP contribution in [-0.4, -0.2) is 27.3 Å². The van der Waals surface area contributed by atoms with Gasteiger partial charge in [-0.15, -0.1) is 0 Å². The van der Waals surface area contributed by atoms with Crippen LogP contribution in [0, 0.1) is 0 Å². The number of carbonyl (C=O) groups is 1. The lowest BCUT2D eigenvalue weighted by atomic mass is 10.1. The first-order valence-electron chi connectivity index (χ1n) is 8.26. The van der Waals surface area contributed by atoms with E-state index < -0.39 is 0 Å². The van der Waals surface area contributed by atoms with Gasteiger partial charge >= 0.3 is 0 Å². The Hall–Kier alpha value is -2.43. The van der Waals surface area contributed by atoms with Crippen molar-refractivity contribution in [3.8, 4) is 11.4 Å². The molecule has 0 N–H and O–H groups in total. The van der Waals surface area contributed by atoms with Crippen LogP contribution in [-0.2, 0) is 13.0 Å². The Labute approximate surface area is 161 Å². The molecule has 4 nitrogen and oxygen atoms in total. The third-order valence-corrected chi connectivity index (χ3v) is 4.92. The van der Waals surface area contributed by atoms with Crippen LogP contribution in [0.3, 0.4) is 0 Å². The largest absolute Gasteiger partial charge is 0.334 e. The maximum Gasteiger partial charge on any atom is 0.254 e. The van der Waals surface area contributed by atoms with Crippen LogP contribution < -0.4 is 0 Å². The van der Waals surface area contributed by atoms with E-state index in [1.807, 2.05) is 35.4 Å². The third-order valence-electron chi connectivity index (χ3n) is 4.41. The van der Waals surface area contributed by atoms with Gasteiger partial charge in [-0.3, -0.25) is 4.79 Å². The predicted octanol–water partition coefficient (Wildman–Crippen LogP) is 4.65. The summed E-state index contributed by atoms with van der Waals surface area (Å²) in [5, 5.41) is 1.30. The van der Waals surface area contributed by atoms with Crippen molar-refractivity contribution in [1.82, 2.24) is 14.9 Å². The van der Waals surface area contributed by atoms with Gasteiger partial charge < -0.3 is 4.90 Å². The lowest BCUT2D eigenvalue weighted by Gasteiger charge is -2.28. The lowest BCUT2D eigenvalue weighted by molar-refractivity contribution is 0.0733. The van der Waals surface area contributed by atoms with Crippen molar-refractivity contribution in [1.29, 1.82) is 0 Å². The van der Waals surface area contributed by atoms with E-state index in [1.54, 1.807) is 24.3 Å². The molecule has 0 bridgehead atoms. The Morgan fingerprint density at radius 3 is 2.31 bits per heavy atom. The average Bonchev–Trinajstić information content (AvgIpc) is 2.68. The second kappa shape index (κ2) is 7.06. The summed E-state index contributed by atoms with van der Waals surface area (Å²) < 4.78 is 0. The number of carbonyl (C=O) groups excluding carboxylic acids is 1. The molecule has 0 fully saturated rings. The average molecular weight is 384 g/mol. The fourth-order valence-corrected chi connectivity index (χ4v) is 3.25. The number of halogens is 2. The summed E-state index contributed by atoms with van der Waals surface area (Å²) >= 11 is 11.8. The van der Waals surface area contributed by atoms with E-state index in [-0.39, 0.29) is 5.91 Å². The second-order valence-corrected chi connectivity index (χ2v) is 7.03. The summed E-state index contributed by atoms with van der Waals surface area (Å²) in [6.07, 6.45) is 2.52. The summed E-state index contributed by atoms with van der Waals surface area (Å²) in [4.78, 5) is 23.6. The minimum Gasteiger partial charge on any atom is -0.334 e. The second-order valence-electron chi connectivity index (χ2n) is 6.16. The zero-order chi connectivity index (χ0) is 18.1. The maximum atomic E-state index is 12.7. The van der Waals surface area contributed by atoms with Crippen molar-refractivity contribution in [2.24, 2.45) is 0 Å². The highest BCUT2D eigenvalue weighted by molar-refractivity contribution is 6.30. The number of rotatable bonds is 2. The molecule has 0 aliphatic carbocycles. The highest BCUT2D eigenvalue weighted by Gasteiger charge is 2.23. The van der Waals surface area contributed by atoms with Gasteiger partial charge in [-0.1, -0.05) is 23.2 Å². The van der Waals surface area contributed by atoms with Gasteiger partial charge in [0.05, 0.1) is 5.69 Å². The van der Waals surface area contributed by atoms with E-state index >= 15 is 0 Å². The maximum absolute atomic E-state index is 12.7. The highest BCUT2D eigenvalue weighted by Crippen LogP contribution is 2.23. The number of nitrogens with zero attached hydrogens (tertiary/aromatic N) is 3. The third kappa shape index (κ3) is 3.43. The van der Waals surface area contributed by atoms with Gasteiger partial charge in [0.2, 0.25) is 0 Å². The van der Waals surface area contributed by atoms with Gasteiger partial charge in [0.1, 0.15) is 0 Å². The van der Waals surface area contributed by atoms with Gasteiger partial charge in [-0.2, -0.15) is 0 Å². The Morgan fingerprint density at radius 2 is 1.62 bits per heavy atom. The number of amides is 1. The van der Waals surface area contributed by atoms with Gasteiger partial charge in [0.25, 0.3) is 5.91 Å². The van der Waals surface area contributed by atoms with Gasteiger partial charge in [-0.05, 0) is 48.5 Å². The molecule has 2 aromatic carbocycles. The molecule has 0 radical (unpaired) electrons. The fourth-order valence-electron chi connectivity index (χ4n) is 3.00. The number of aromatic nitrogens is 2. The van der Waals surface area contributed by atoms with Crippen molar-refractivity contribution in [3.63, 3.8) is 0 Å². The Balaban J connectivity index is 1.55. The molecule has 1 aliphatic rings. The lowest BCUT2D eigenvalue weighted by Crippen LogP contribution is -2.36. The Bertz CT molecular complexity index is 956. The van der Waals surface area contributed by atoms with Crippen molar-refractivity contribution >= 4 is 29.1 Å². The molecule has 0 saturated heterocycles. The minimum atomic E-state index is -0.00547. The molecule has 6 heteroatoms. The molecule has 3 aromatic rings. The van der Waals surface area contributed by atoms with Crippen LogP contribution in [0.4, 0.5) is 0 Å². The van der Waals surface area contributed by atoms with E-state index in [2.05, 4.69) is 9.97 Å². The van der Waals surface area contributed by atoms with Gasteiger partial charge in [-0.25, -0.2) is 9.97 Å². The van der Waals surface area contributed by atoms with Crippen LogP contribution in [0.1, 0.15) is 21.6 Å². The van der Waals surface area contributed by atoms with Crippen LogP contribution in [0.5, 0.6) is 0 Å². The minimum absolute atomic E-state index is 0.00547. The van der Waals surface area contributed by atoms with E-state index in [1.165, 1.54) is 0 Å². The van der Waals surface area contributed by atoms with Crippen molar-refractivity contribution in [3.05, 3.63) is 81.6 Å². The summed E-state index contributed by atoms with van der Waals surface area (Å²) in [6.45, 7) is 1.14. The molecule has 0 saturated carbocycles. The molecule has 0 spiro atoms. The number of hydrogen-bond donors (Lipinski definition) is 0. The normalized spacial score (nSPS) is 13.4. The monoisotopic (exact) mass is 383 g/mol. The van der Waals surface area contributed by atoms with Crippen molar-refractivity contribution in [2.45, 2.75) is 13.0 Å². The van der Waals surface area contributed by atoms with Crippen molar-refractivity contribution in [2.75, 3.05) is 6.54 Å². The smallest absolute Gasteiger partial charge is 0.254 e. The molecule has 2 heterocycles. The summed E-state index contributed by atoms with van der Waals surface area (Å²) in [5.41, 5.74) is 3.54. The summed E-state index contributed by atoms with van der Waals surface area (Å²) in [5.74, 6) is 0.673. The molecule has 0 atom stereocenters. The summed E-state index contributed by atoms with van der Waals surface area (Å²) in [6, 6.07) is 14.4. The fraction of sp³-hybridized carbons (Fsp3) is 0.150. The number of benzene rings is 2. The van der Waals surface area contributed by atoms with E-state index in [0.29, 0.717) is 40.9 Å². The molecule has 130 valence electrons. The van der Waals surface area contributed by atoms with Crippen LogP contribution in [0.2, 0.25) is 10.0 Å².